The minimum atomic E-state index is -1.07. The van der Waals surface area contributed by atoms with Gasteiger partial charge in [0.1, 0.15) is 5.75 Å². The molecule has 0 radical (unpaired) electrons. The average Bonchev–Trinajstić information content (AvgIpc) is 3.48. The van der Waals surface area contributed by atoms with Crippen LogP contribution < -0.4 is 14.2 Å². The van der Waals surface area contributed by atoms with Gasteiger partial charge < -0.3 is 19.3 Å². The number of rotatable bonds is 8. The highest BCUT2D eigenvalue weighted by Crippen LogP contribution is 2.43. The number of aryl methyl sites for hydroxylation is 2. The SMILES string of the molecule is O=C(O)COc1cc2c(cc1-c1cc(-c3ccc(Cl)cc3)n(CCc3ccccc3)n1)OCO2. The van der Waals surface area contributed by atoms with Gasteiger partial charge in [-0.1, -0.05) is 54.1 Å². The van der Waals surface area contributed by atoms with E-state index in [2.05, 4.69) is 12.1 Å². The number of benzene rings is 3. The molecule has 0 saturated carbocycles. The fraction of sp³-hybridized carbons (Fsp3) is 0.154. The molecule has 4 aromatic rings. The second kappa shape index (κ2) is 9.49. The maximum Gasteiger partial charge on any atom is 0.341 e. The van der Waals surface area contributed by atoms with Crippen LogP contribution in [0.2, 0.25) is 5.02 Å². The average molecular weight is 477 g/mol. The van der Waals surface area contributed by atoms with Gasteiger partial charge in [-0.3, -0.25) is 4.68 Å². The number of carboxylic acids is 1. The lowest BCUT2D eigenvalue weighted by Crippen LogP contribution is -2.10. The first-order chi connectivity index (χ1) is 16.6. The smallest absolute Gasteiger partial charge is 0.341 e. The summed E-state index contributed by atoms with van der Waals surface area (Å²) in [4.78, 5) is 11.1. The Morgan fingerprint density at radius 3 is 2.50 bits per heavy atom. The number of ether oxygens (including phenoxy) is 3. The highest BCUT2D eigenvalue weighted by atomic mass is 35.5. The molecule has 2 heterocycles. The summed E-state index contributed by atoms with van der Waals surface area (Å²) >= 11 is 6.10. The lowest BCUT2D eigenvalue weighted by Gasteiger charge is -2.10. The molecule has 1 N–H and O–H groups in total. The van der Waals surface area contributed by atoms with E-state index in [0.29, 0.717) is 40.1 Å². The molecule has 5 rings (SSSR count). The topological polar surface area (TPSA) is 82.8 Å². The molecule has 0 bridgehead atoms. The highest BCUT2D eigenvalue weighted by Gasteiger charge is 2.22. The van der Waals surface area contributed by atoms with E-state index in [1.54, 1.807) is 12.1 Å². The lowest BCUT2D eigenvalue weighted by molar-refractivity contribution is -0.139. The molecule has 0 saturated heterocycles. The second-order valence-electron chi connectivity index (χ2n) is 7.76. The van der Waals surface area contributed by atoms with Crippen LogP contribution in [0.15, 0.2) is 72.8 Å². The molecule has 8 heteroatoms. The molecule has 0 atom stereocenters. The van der Waals surface area contributed by atoms with Gasteiger partial charge in [0.15, 0.2) is 18.1 Å². The molecular weight excluding hydrogens is 456 g/mol. The Morgan fingerprint density at radius 2 is 1.76 bits per heavy atom. The van der Waals surface area contributed by atoms with E-state index in [1.165, 1.54) is 5.56 Å². The number of halogens is 1. The van der Waals surface area contributed by atoms with E-state index in [0.717, 1.165) is 17.7 Å². The standard InChI is InChI=1S/C26H21ClN2O5/c27-19-8-6-18(7-9-19)22-13-21(28-29(22)11-10-17-4-2-1-3-5-17)20-12-24-25(34-16-33-24)14-23(20)32-15-26(30)31/h1-9,12-14H,10-11,15-16H2,(H,30,31). The Labute approximate surface area is 201 Å². The van der Waals surface area contributed by atoms with Crippen molar-refractivity contribution in [2.75, 3.05) is 13.4 Å². The molecule has 1 aromatic heterocycles. The Morgan fingerprint density at radius 1 is 1.03 bits per heavy atom. The fourth-order valence-electron chi connectivity index (χ4n) is 3.83. The summed E-state index contributed by atoms with van der Waals surface area (Å²) < 4.78 is 18.5. The summed E-state index contributed by atoms with van der Waals surface area (Å²) in [7, 11) is 0. The molecule has 3 aromatic carbocycles. The molecule has 1 aliphatic rings. The van der Waals surface area contributed by atoms with Gasteiger partial charge >= 0.3 is 5.97 Å². The Bertz CT molecular complexity index is 1320. The van der Waals surface area contributed by atoms with E-state index in [4.69, 9.17) is 36.0 Å². The van der Waals surface area contributed by atoms with Gasteiger partial charge in [0, 0.05) is 23.2 Å². The molecule has 34 heavy (non-hydrogen) atoms. The predicted octanol–water partition coefficient (Wildman–Crippen LogP) is 5.31. The van der Waals surface area contributed by atoms with E-state index in [-0.39, 0.29) is 6.79 Å². The Kier molecular flexibility index (Phi) is 6.10. The summed E-state index contributed by atoms with van der Waals surface area (Å²) in [5.41, 5.74) is 4.33. The number of fused-ring (bicyclic) bond motifs is 1. The first-order valence-corrected chi connectivity index (χ1v) is 11.1. The third kappa shape index (κ3) is 4.70. The van der Waals surface area contributed by atoms with Crippen LogP contribution in [0.1, 0.15) is 5.56 Å². The number of aromatic nitrogens is 2. The molecule has 172 valence electrons. The van der Waals surface area contributed by atoms with Crippen LogP contribution in [0, 0.1) is 0 Å². The third-order valence-electron chi connectivity index (χ3n) is 5.48. The van der Waals surface area contributed by atoms with Crippen molar-refractivity contribution < 1.29 is 24.1 Å². The molecule has 0 fully saturated rings. The van der Waals surface area contributed by atoms with Gasteiger partial charge in [0.25, 0.3) is 0 Å². The van der Waals surface area contributed by atoms with Crippen molar-refractivity contribution >= 4 is 17.6 Å². The minimum Gasteiger partial charge on any atom is -0.481 e. The van der Waals surface area contributed by atoms with Crippen LogP contribution in [0.5, 0.6) is 17.2 Å². The number of nitrogens with zero attached hydrogens (tertiary/aromatic N) is 2. The van der Waals surface area contributed by atoms with Crippen LogP contribution in [-0.4, -0.2) is 34.3 Å². The van der Waals surface area contributed by atoms with E-state index in [1.807, 2.05) is 53.2 Å². The summed E-state index contributed by atoms with van der Waals surface area (Å²) in [6.45, 7) is 0.266. The van der Waals surface area contributed by atoms with Crippen molar-refractivity contribution in [3.63, 3.8) is 0 Å². The second-order valence-corrected chi connectivity index (χ2v) is 8.20. The molecular formula is C26H21ClN2O5. The highest BCUT2D eigenvalue weighted by molar-refractivity contribution is 6.30. The first-order valence-electron chi connectivity index (χ1n) is 10.7. The van der Waals surface area contributed by atoms with Crippen LogP contribution in [0.25, 0.3) is 22.5 Å². The quantitative estimate of drug-likeness (QED) is 0.371. The van der Waals surface area contributed by atoms with Gasteiger partial charge in [0.2, 0.25) is 6.79 Å². The lowest BCUT2D eigenvalue weighted by atomic mass is 10.1. The van der Waals surface area contributed by atoms with Crippen LogP contribution in [0.3, 0.4) is 0 Å². The molecule has 0 aliphatic carbocycles. The number of hydrogen-bond donors (Lipinski definition) is 1. The van der Waals surface area contributed by atoms with Crippen molar-refractivity contribution in [1.82, 2.24) is 9.78 Å². The normalized spacial score (nSPS) is 12.0. The molecule has 7 nitrogen and oxygen atoms in total. The number of carbonyl (C=O) groups is 1. The van der Waals surface area contributed by atoms with E-state index in [9.17, 15) is 4.79 Å². The zero-order valence-electron chi connectivity index (χ0n) is 18.1. The predicted molar refractivity (Wildman–Crippen MR) is 128 cm³/mol. The van der Waals surface area contributed by atoms with Crippen molar-refractivity contribution in [2.45, 2.75) is 13.0 Å². The van der Waals surface area contributed by atoms with Crippen molar-refractivity contribution in [3.05, 3.63) is 83.4 Å². The van der Waals surface area contributed by atoms with E-state index >= 15 is 0 Å². The van der Waals surface area contributed by atoms with Gasteiger partial charge in [-0.05, 0) is 41.8 Å². The minimum absolute atomic E-state index is 0.0959. The summed E-state index contributed by atoms with van der Waals surface area (Å²) in [5.74, 6) is 0.357. The first kappa shape index (κ1) is 21.9. The largest absolute Gasteiger partial charge is 0.481 e. The maximum atomic E-state index is 11.1. The summed E-state index contributed by atoms with van der Waals surface area (Å²) in [6.07, 6.45) is 0.798. The van der Waals surface area contributed by atoms with Gasteiger partial charge in [-0.15, -0.1) is 0 Å². The zero-order chi connectivity index (χ0) is 23.5. The maximum absolute atomic E-state index is 11.1. The molecule has 0 unspecified atom stereocenters. The Hall–Kier alpha value is -3.97. The number of carboxylic acid groups (broad SMARTS) is 1. The fourth-order valence-corrected chi connectivity index (χ4v) is 3.96. The molecule has 0 amide bonds. The molecule has 1 aliphatic heterocycles. The van der Waals surface area contributed by atoms with Gasteiger partial charge in [-0.25, -0.2) is 4.79 Å². The van der Waals surface area contributed by atoms with Crippen molar-refractivity contribution in [1.29, 1.82) is 0 Å². The van der Waals surface area contributed by atoms with E-state index < -0.39 is 12.6 Å². The zero-order valence-corrected chi connectivity index (χ0v) is 18.9. The van der Waals surface area contributed by atoms with Crippen molar-refractivity contribution in [3.8, 4) is 39.8 Å². The van der Waals surface area contributed by atoms with Crippen LogP contribution in [0.4, 0.5) is 0 Å². The number of hydrogen-bond acceptors (Lipinski definition) is 5. The Balaban J connectivity index is 1.56. The van der Waals surface area contributed by atoms with Gasteiger partial charge in [-0.2, -0.15) is 5.10 Å². The van der Waals surface area contributed by atoms with Crippen LogP contribution in [-0.2, 0) is 17.8 Å². The number of aliphatic carboxylic acids is 1. The third-order valence-corrected chi connectivity index (χ3v) is 5.73. The van der Waals surface area contributed by atoms with Crippen LogP contribution >= 0.6 is 11.6 Å². The molecule has 0 spiro atoms. The van der Waals surface area contributed by atoms with Crippen molar-refractivity contribution in [2.24, 2.45) is 0 Å². The summed E-state index contributed by atoms with van der Waals surface area (Å²) in [6, 6.07) is 23.1. The monoisotopic (exact) mass is 476 g/mol. The summed E-state index contributed by atoms with van der Waals surface area (Å²) in [5, 5.41) is 14.6. The van der Waals surface area contributed by atoms with Gasteiger partial charge in [0.05, 0.1) is 11.4 Å².